The lowest BCUT2D eigenvalue weighted by molar-refractivity contribution is -0.384. The van der Waals surface area contributed by atoms with Crippen molar-refractivity contribution in [1.82, 2.24) is 4.31 Å². The van der Waals surface area contributed by atoms with Crippen LogP contribution in [0.15, 0.2) is 29.2 Å². The molecule has 17 heavy (non-hydrogen) atoms. The number of nitro groups is 1. The van der Waals surface area contributed by atoms with Crippen LogP contribution in [-0.2, 0) is 10.0 Å². The van der Waals surface area contributed by atoms with Gasteiger partial charge in [-0.3, -0.25) is 10.1 Å². The first-order valence-corrected chi connectivity index (χ1v) is 7.22. The van der Waals surface area contributed by atoms with Crippen LogP contribution in [0.1, 0.15) is 0 Å². The largest absolute Gasteiger partial charge is 0.269 e. The zero-order valence-electron chi connectivity index (χ0n) is 9.04. The fraction of sp³-hybridized carbons (Fsp3) is 0.333. The molecule has 6 nitrogen and oxygen atoms in total. The highest BCUT2D eigenvalue weighted by Gasteiger charge is 2.20. The molecule has 0 saturated carbocycles. The lowest BCUT2D eigenvalue weighted by Gasteiger charge is -2.15. The minimum absolute atomic E-state index is 0.0477. The summed E-state index contributed by atoms with van der Waals surface area (Å²) >= 11 is 3.15. The Morgan fingerprint density at radius 1 is 1.35 bits per heavy atom. The van der Waals surface area contributed by atoms with E-state index in [1.54, 1.807) is 0 Å². The molecule has 0 fully saturated rings. The van der Waals surface area contributed by atoms with E-state index in [1.165, 1.54) is 35.6 Å². The Bertz CT molecular complexity index is 500. The number of alkyl halides is 1. The SMILES string of the molecule is CN(CCBr)S(=O)(=O)c1ccc([N+](=O)[O-])cc1. The molecule has 0 aliphatic carbocycles. The van der Waals surface area contributed by atoms with Crippen molar-refractivity contribution < 1.29 is 13.3 Å². The van der Waals surface area contributed by atoms with Crippen molar-refractivity contribution in [2.75, 3.05) is 18.9 Å². The minimum Gasteiger partial charge on any atom is -0.258 e. The van der Waals surface area contributed by atoms with E-state index in [1.807, 2.05) is 0 Å². The second-order valence-electron chi connectivity index (χ2n) is 3.27. The van der Waals surface area contributed by atoms with Crippen LogP contribution in [0.2, 0.25) is 0 Å². The fourth-order valence-electron chi connectivity index (χ4n) is 1.16. The summed E-state index contributed by atoms with van der Waals surface area (Å²) in [4.78, 5) is 9.91. The van der Waals surface area contributed by atoms with E-state index >= 15 is 0 Å². The standard InChI is InChI=1S/C9H11BrN2O4S/c1-11(7-6-10)17(15,16)9-4-2-8(3-5-9)12(13)14/h2-5H,6-7H2,1H3. The molecule has 0 unspecified atom stereocenters. The normalized spacial score (nSPS) is 11.7. The summed E-state index contributed by atoms with van der Waals surface area (Å²) in [6.45, 7) is 0.333. The van der Waals surface area contributed by atoms with Gasteiger partial charge < -0.3 is 0 Å². The molecule has 94 valence electrons. The molecular weight excluding hydrogens is 312 g/mol. The van der Waals surface area contributed by atoms with E-state index in [-0.39, 0.29) is 10.6 Å². The second kappa shape index (κ2) is 5.56. The molecule has 8 heteroatoms. The maximum absolute atomic E-state index is 11.9. The van der Waals surface area contributed by atoms with Gasteiger partial charge in [0.25, 0.3) is 5.69 Å². The van der Waals surface area contributed by atoms with Crippen LogP contribution in [-0.4, -0.2) is 36.6 Å². The van der Waals surface area contributed by atoms with Crippen molar-refractivity contribution in [2.45, 2.75) is 4.90 Å². The van der Waals surface area contributed by atoms with Gasteiger partial charge in [0, 0.05) is 31.1 Å². The molecule has 1 rings (SSSR count). The fourth-order valence-corrected chi connectivity index (χ4v) is 3.10. The Labute approximate surface area is 108 Å². The van der Waals surface area contributed by atoms with Crippen LogP contribution in [0, 0.1) is 10.1 Å². The lowest BCUT2D eigenvalue weighted by Crippen LogP contribution is -2.28. The third kappa shape index (κ3) is 3.24. The van der Waals surface area contributed by atoms with Gasteiger partial charge >= 0.3 is 0 Å². The van der Waals surface area contributed by atoms with Crippen molar-refractivity contribution in [3.05, 3.63) is 34.4 Å². The van der Waals surface area contributed by atoms with E-state index in [0.29, 0.717) is 11.9 Å². The maximum Gasteiger partial charge on any atom is 0.269 e. The van der Waals surface area contributed by atoms with Crippen molar-refractivity contribution in [1.29, 1.82) is 0 Å². The molecule has 0 aromatic heterocycles. The van der Waals surface area contributed by atoms with E-state index in [9.17, 15) is 18.5 Å². The highest BCUT2D eigenvalue weighted by molar-refractivity contribution is 9.09. The van der Waals surface area contributed by atoms with E-state index < -0.39 is 14.9 Å². The summed E-state index contributed by atoms with van der Waals surface area (Å²) in [7, 11) is -2.11. The van der Waals surface area contributed by atoms with Crippen molar-refractivity contribution in [3.63, 3.8) is 0 Å². The molecule has 0 spiro atoms. The van der Waals surface area contributed by atoms with E-state index in [4.69, 9.17) is 0 Å². The minimum atomic E-state index is -3.56. The molecule has 1 aromatic carbocycles. The predicted molar refractivity (Wildman–Crippen MR) is 66.7 cm³/mol. The van der Waals surface area contributed by atoms with E-state index in [2.05, 4.69) is 15.9 Å². The predicted octanol–water partition coefficient (Wildman–Crippen LogP) is 1.61. The molecular formula is C9H11BrN2O4S. The number of hydrogen-bond donors (Lipinski definition) is 0. The smallest absolute Gasteiger partial charge is 0.258 e. The average molecular weight is 323 g/mol. The van der Waals surface area contributed by atoms with Crippen LogP contribution in [0.3, 0.4) is 0 Å². The van der Waals surface area contributed by atoms with Gasteiger partial charge in [-0.2, -0.15) is 0 Å². The first kappa shape index (κ1) is 14.1. The maximum atomic E-state index is 11.9. The summed E-state index contributed by atoms with van der Waals surface area (Å²) in [5, 5.41) is 11.0. The number of sulfonamides is 1. The van der Waals surface area contributed by atoms with Gasteiger partial charge in [0.05, 0.1) is 9.82 Å². The summed E-state index contributed by atoms with van der Waals surface area (Å²) < 4.78 is 25.1. The Hall–Kier alpha value is -0.990. The van der Waals surface area contributed by atoms with Gasteiger partial charge in [-0.05, 0) is 12.1 Å². The third-order valence-corrected chi connectivity index (χ3v) is 4.38. The number of non-ortho nitro benzene ring substituents is 1. The zero-order valence-corrected chi connectivity index (χ0v) is 11.4. The third-order valence-electron chi connectivity index (χ3n) is 2.16. The van der Waals surface area contributed by atoms with Gasteiger partial charge in [0.1, 0.15) is 0 Å². The number of benzene rings is 1. The number of rotatable bonds is 5. The molecule has 1 aromatic rings. The van der Waals surface area contributed by atoms with E-state index in [0.717, 1.165) is 0 Å². The van der Waals surface area contributed by atoms with Crippen molar-refractivity contribution >= 4 is 31.6 Å². The molecule has 0 radical (unpaired) electrons. The second-order valence-corrected chi connectivity index (χ2v) is 6.10. The quantitative estimate of drug-likeness (QED) is 0.468. The molecule has 0 amide bonds. The molecule has 0 atom stereocenters. The van der Waals surface area contributed by atoms with Crippen LogP contribution >= 0.6 is 15.9 Å². The van der Waals surface area contributed by atoms with Gasteiger partial charge in [0.15, 0.2) is 0 Å². The monoisotopic (exact) mass is 322 g/mol. The van der Waals surface area contributed by atoms with Gasteiger partial charge in [-0.15, -0.1) is 0 Å². The van der Waals surface area contributed by atoms with Crippen LogP contribution in [0.5, 0.6) is 0 Å². The zero-order chi connectivity index (χ0) is 13.1. The van der Waals surface area contributed by atoms with Gasteiger partial charge in [0.2, 0.25) is 10.0 Å². The Morgan fingerprint density at radius 3 is 2.29 bits per heavy atom. The van der Waals surface area contributed by atoms with Crippen LogP contribution in [0.25, 0.3) is 0 Å². The summed E-state index contributed by atoms with van der Waals surface area (Å²) in [5.74, 6) is 0. The average Bonchev–Trinajstić information content (AvgIpc) is 2.29. The summed E-state index contributed by atoms with van der Waals surface area (Å²) in [6.07, 6.45) is 0. The Kier molecular flexibility index (Phi) is 4.61. The molecule has 0 heterocycles. The molecule has 0 saturated heterocycles. The Balaban J connectivity index is 3.04. The molecule has 0 bridgehead atoms. The van der Waals surface area contributed by atoms with Crippen LogP contribution < -0.4 is 0 Å². The first-order chi connectivity index (χ1) is 7.89. The van der Waals surface area contributed by atoms with Crippen LogP contribution in [0.4, 0.5) is 5.69 Å². The van der Waals surface area contributed by atoms with Crippen molar-refractivity contribution in [3.8, 4) is 0 Å². The Morgan fingerprint density at radius 2 is 1.88 bits per heavy atom. The molecule has 0 N–H and O–H groups in total. The van der Waals surface area contributed by atoms with Gasteiger partial charge in [-0.1, -0.05) is 15.9 Å². The first-order valence-electron chi connectivity index (χ1n) is 4.66. The molecule has 0 aliphatic rings. The van der Waals surface area contributed by atoms with Crippen molar-refractivity contribution in [2.24, 2.45) is 0 Å². The number of nitro benzene ring substituents is 1. The highest BCUT2D eigenvalue weighted by atomic mass is 79.9. The number of nitrogens with zero attached hydrogens (tertiary/aromatic N) is 2. The molecule has 0 aliphatic heterocycles. The summed E-state index contributed by atoms with van der Waals surface area (Å²) in [5.41, 5.74) is -0.132. The number of halogens is 1. The summed E-state index contributed by atoms with van der Waals surface area (Å²) in [6, 6.07) is 4.82. The highest BCUT2D eigenvalue weighted by Crippen LogP contribution is 2.18. The van der Waals surface area contributed by atoms with Gasteiger partial charge in [-0.25, -0.2) is 12.7 Å². The topological polar surface area (TPSA) is 80.5 Å². The lowest BCUT2D eigenvalue weighted by atomic mass is 10.3. The number of hydrogen-bond acceptors (Lipinski definition) is 4.